The summed E-state index contributed by atoms with van der Waals surface area (Å²) in [5.74, 6) is -1.41. The first kappa shape index (κ1) is 24.3. The summed E-state index contributed by atoms with van der Waals surface area (Å²) >= 11 is 0. The number of hydrogen-bond donors (Lipinski definition) is 1. The van der Waals surface area contributed by atoms with Crippen molar-refractivity contribution in [3.05, 3.63) is 66.0 Å². The predicted octanol–water partition coefficient (Wildman–Crippen LogP) is 2.53. The Labute approximate surface area is 182 Å². The van der Waals surface area contributed by atoms with E-state index in [2.05, 4.69) is 5.32 Å². The van der Waals surface area contributed by atoms with E-state index < -0.39 is 34.3 Å². The highest BCUT2D eigenvalue weighted by Crippen LogP contribution is 2.19. The van der Waals surface area contributed by atoms with Crippen molar-refractivity contribution in [2.75, 3.05) is 17.1 Å². The average molecular weight is 450 g/mol. The molecular weight excluding hydrogens is 421 g/mol. The van der Waals surface area contributed by atoms with E-state index in [1.165, 1.54) is 17.0 Å². The zero-order valence-electron chi connectivity index (χ0n) is 18.1. The number of sulfonamides is 1. The minimum absolute atomic E-state index is 0.115. The Hall–Kier alpha value is -2.94. The lowest BCUT2D eigenvalue weighted by molar-refractivity contribution is -0.139. The number of benzene rings is 2. The van der Waals surface area contributed by atoms with Gasteiger partial charge in [-0.3, -0.25) is 13.9 Å². The van der Waals surface area contributed by atoms with Crippen LogP contribution in [0.2, 0.25) is 0 Å². The molecule has 2 aromatic rings. The Kier molecular flexibility index (Phi) is 8.15. The summed E-state index contributed by atoms with van der Waals surface area (Å²) in [4.78, 5) is 27.2. The quantitative estimate of drug-likeness (QED) is 0.637. The maximum Gasteiger partial charge on any atom is 0.244 e. The highest BCUT2D eigenvalue weighted by molar-refractivity contribution is 7.92. The minimum atomic E-state index is -3.83. The first-order valence-electron chi connectivity index (χ1n) is 9.86. The highest BCUT2D eigenvalue weighted by atomic mass is 32.2. The van der Waals surface area contributed by atoms with E-state index in [9.17, 15) is 22.4 Å². The summed E-state index contributed by atoms with van der Waals surface area (Å²) < 4.78 is 38.9. The molecule has 0 fully saturated rings. The van der Waals surface area contributed by atoms with Gasteiger partial charge < -0.3 is 10.2 Å². The Morgan fingerprint density at radius 3 is 2.10 bits per heavy atom. The van der Waals surface area contributed by atoms with Gasteiger partial charge in [-0.15, -0.1) is 0 Å². The molecule has 2 amide bonds. The summed E-state index contributed by atoms with van der Waals surface area (Å²) in [7, 11) is -3.83. The second kappa shape index (κ2) is 10.4. The molecule has 1 atom stereocenters. The third kappa shape index (κ3) is 7.06. The monoisotopic (exact) mass is 449 g/mol. The van der Waals surface area contributed by atoms with Crippen LogP contribution < -0.4 is 9.62 Å². The van der Waals surface area contributed by atoms with Crippen LogP contribution in [0.5, 0.6) is 0 Å². The van der Waals surface area contributed by atoms with Gasteiger partial charge in [0, 0.05) is 12.6 Å². The molecule has 0 spiro atoms. The van der Waals surface area contributed by atoms with Crippen LogP contribution >= 0.6 is 0 Å². The first-order chi connectivity index (χ1) is 14.5. The lowest BCUT2D eigenvalue weighted by Gasteiger charge is -2.31. The van der Waals surface area contributed by atoms with E-state index in [4.69, 9.17) is 0 Å². The van der Waals surface area contributed by atoms with E-state index in [-0.39, 0.29) is 24.2 Å². The molecule has 0 aliphatic heterocycles. The number of nitrogens with one attached hydrogen (secondary N) is 1. The number of rotatable bonds is 9. The van der Waals surface area contributed by atoms with Crippen molar-refractivity contribution < 1.29 is 22.4 Å². The van der Waals surface area contributed by atoms with Gasteiger partial charge >= 0.3 is 0 Å². The molecule has 1 N–H and O–H groups in total. The van der Waals surface area contributed by atoms with E-state index in [0.717, 1.165) is 28.3 Å². The van der Waals surface area contributed by atoms with Gasteiger partial charge in [-0.2, -0.15) is 0 Å². The van der Waals surface area contributed by atoms with Gasteiger partial charge in [0.15, 0.2) is 0 Å². The van der Waals surface area contributed by atoms with Crippen LogP contribution in [0.25, 0.3) is 0 Å². The highest BCUT2D eigenvalue weighted by Gasteiger charge is 2.30. The van der Waals surface area contributed by atoms with Crippen LogP contribution in [0, 0.1) is 5.82 Å². The Bertz CT molecular complexity index is 995. The number of halogens is 1. The summed E-state index contributed by atoms with van der Waals surface area (Å²) in [6.45, 7) is 4.84. The van der Waals surface area contributed by atoms with E-state index in [0.29, 0.717) is 0 Å². The SMILES string of the molecule is CC(C)NC(=O)[C@H](C)N(Cc1ccccc1)C(=O)CN(c1ccc(F)cc1)S(C)(=O)=O. The third-order valence-corrected chi connectivity index (χ3v) is 5.73. The molecule has 168 valence electrons. The van der Waals surface area contributed by atoms with Gasteiger partial charge in [0.25, 0.3) is 0 Å². The molecule has 9 heteroatoms. The van der Waals surface area contributed by atoms with Crippen molar-refractivity contribution in [1.29, 1.82) is 0 Å². The topological polar surface area (TPSA) is 86.8 Å². The molecule has 0 aliphatic carbocycles. The molecule has 0 unspecified atom stereocenters. The molecular formula is C22H28FN3O4S. The molecule has 2 rings (SSSR count). The van der Waals surface area contributed by atoms with Crippen LogP contribution in [0.1, 0.15) is 26.3 Å². The van der Waals surface area contributed by atoms with Gasteiger partial charge in [-0.25, -0.2) is 12.8 Å². The normalized spacial score (nSPS) is 12.3. The van der Waals surface area contributed by atoms with Gasteiger partial charge in [-0.05, 0) is 50.6 Å². The molecule has 0 saturated heterocycles. The van der Waals surface area contributed by atoms with Gasteiger partial charge in [0.05, 0.1) is 11.9 Å². The van der Waals surface area contributed by atoms with Crippen molar-refractivity contribution in [2.24, 2.45) is 0 Å². The van der Waals surface area contributed by atoms with Crippen molar-refractivity contribution in [3.63, 3.8) is 0 Å². The van der Waals surface area contributed by atoms with Gasteiger partial charge in [0.2, 0.25) is 21.8 Å². The van der Waals surface area contributed by atoms with Crippen LogP contribution in [-0.2, 0) is 26.2 Å². The van der Waals surface area contributed by atoms with Gasteiger partial charge in [-0.1, -0.05) is 30.3 Å². The van der Waals surface area contributed by atoms with E-state index in [1.807, 2.05) is 44.2 Å². The maximum absolute atomic E-state index is 13.3. The van der Waals surface area contributed by atoms with Crippen LogP contribution in [-0.4, -0.2) is 50.0 Å². The number of carbonyl (C=O) groups excluding carboxylic acids is 2. The minimum Gasteiger partial charge on any atom is -0.352 e. The smallest absolute Gasteiger partial charge is 0.244 e. The predicted molar refractivity (Wildman–Crippen MR) is 118 cm³/mol. The Morgan fingerprint density at radius 1 is 1.00 bits per heavy atom. The Morgan fingerprint density at radius 2 is 1.58 bits per heavy atom. The third-order valence-electron chi connectivity index (χ3n) is 4.59. The average Bonchev–Trinajstić information content (AvgIpc) is 2.70. The summed E-state index contributed by atoms with van der Waals surface area (Å²) in [5.41, 5.74) is 0.962. The van der Waals surface area contributed by atoms with Crippen molar-refractivity contribution in [1.82, 2.24) is 10.2 Å². The fourth-order valence-electron chi connectivity index (χ4n) is 2.99. The standard InChI is InChI=1S/C22H28FN3O4S/c1-16(2)24-22(28)17(3)25(14-18-8-6-5-7-9-18)21(27)15-26(31(4,29)30)20-12-10-19(23)11-13-20/h5-13,16-17H,14-15H2,1-4H3,(H,24,28)/t17-/m0/s1. The van der Waals surface area contributed by atoms with E-state index in [1.54, 1.807) is 6.92 Å². The number of nitrogens with zero attached hydrogens (tertiary/aromatic N) is 2. The second-order valence-corrected chi connectivity index (χ2v) is 9.50. The summed E-state index contributed by atoms with van der Waals surface area (Å²) in [5, 5.41) is 2.78. The van der Waals surface area contributed by atoms with Crippen molar-refractivity contribution >= 4 is 27.5 Å². The second-order valence-electron chi connectivity index (χ2n) is 7.59. The van der Waals surface area contributed by atoms with E-state index >= 15 is 0 Å². The van der Waals surface area contributed by atoms with Gasteiger partial charge in [0.1, 0.15) is 18.4 Å². The fourth-order valence-corrected chi connectivity index (χ4v) is 3.84. The van der Waals surface area contributed by atoms with Crippen LogP contribution in [0.4, 0.5) is 10.1 Å². The largest absolute Gasteiger partial charge is 0.352 e. The number of hydrogen-bond acceptors (Lipinski definition) is 4. The molecule has 0 radical (unpaired) electrons. The number of carbonyl (C=O) groups is 2. The zero-order valence-corrected chi connectivity index (χ0v) is 18.9. The van der Waals surface area contributed by atoms with Crippen molar-refractivity contribution in [3.8, 4) is 0 Å². The molecule has 2 aromatic carbocycles. The molecule has 0 aromatic heterocycles. The first-order valence-corrected chi connectivity index (χ1v) is 11.7. The Balaban J connectivity index is 2.35. The molecule has 0 saturated carbocycles. The fraction of sp³-hybridized carbons (Fsp3) is 0.364. The summed E-state index contributed by atoms with van der Waals surface area (Å²) in [6, 6.07) is 13.0. The molecule has 0 bridgehead atoms. The molecule has 31 heavy (non-hydrogen) atoms. The maximum atomic E-state index is 13.3. The molecule has 0 heterocycles. The lowest BCUT2D eigenvalue weighted by atomic mass is 10.1. The van der Waals surface area contributed by atoms with Crippen LogP contribution in [0.3, 0.4) is 0 Å². The zero-order chi connectivity index (χ0) is 23.2. The van der Waals surface area contributed by atoms with Crippen LogP contribution in [0.15, 0.2) is 54.6 Å². The molecule has 7 nitrogen and oxygen atoms in total. The lowest BCUT2D eigenvalue weighted by Crippen LogP contribution is -2.52. The van der Waals surface area contributed by atoms with Crippen molar-refractivity contribution in [2.45, 2.75) is 39.4 Å². The molecule has 0 aliphatic rings. The number of amides is 2. The summed E-state index contributed by atoms with van der Waals surface area (Å²) in [6.07, 6.45) is 0.972. The number of anilines is 1.